The summed E-state index contributed by atoms with van der Waals surface area (Å²) in [5, 5.41) is 8.01. The van der Waals surface area contributed by atoms with Gasteiger partial charge in [0.25, 0.3) is 5.91 Å². The molecule has 1 saturated carbocycles. The van der Waals surface area contributed by atoms with Gasteiger partial charge in [-0.1, -0.05) is 35.2 Å². The highest BCUT2D eigenvalue weighted by molar-refractivity contribution is 9.10. The lowest BCUT2D eigenvalue weighted by Gasteiger charge is -2.25. The van der Waals surface area contributed by atoms with Crippen LogP contribution < -0.4 is 10.5 Å². The van der Waals surface area contributed by atoms with E-state index >= 15 is 0 Å². The van der Waals surface area contributed by atoms with E-state index in [0.717, 1.165) is 12.3 Å². The quantitative estimate of drug-likeness (QED) is 0.828. The molecule has 1 fully saturated rings. The molecule has 1 amide bonds. The zero-order valence-corrected chi connectivity index (χ0v) is 14.3. The van der Waals surface area contributed by atoms with Gasteiger partial charge in [-0.05, 0) is 37.0 Å². The largest absolute Gasteiger partial charge is 0.352 e. The number of nitrogens with one attached hydrogen (secondary N) is 1. The number of halogens is 1. The normalized spacial score (nSPS) is 15.6. The Bertz CT molecular complexity index is 654. The molecule has 1 aliphatic rings. The molecule has 7 heteroatoms. The van der Waals surface area contributed by atoms with Crippen molar-refractivity contribution >= 4 is 31.9 Å². The summed E-state index contributed by atoms with van der Waals surface area (Å²) in [4.78, 5) is 12.1. The first-order valence-corrected chi connectivity index (χ1v) is 9.24. The average molecular weight is 375 g/mol. The number of carbonyl (C=O) groups is 1. The van der Waals surface area contributed by atoms with Crippen molar-refractivity contribution in [3.05, 3.63) is 27.7 Å². The van der Waals surface area contributed by atoms with Crippen LogP contribution in [0.2, 0.25) is 0 Å². The highest BCUT2D eigenvalue weighted by Crippen LogP contribution is 2.29. The third-order valence-corrected chi connectivity index (χ3v) is 5.79. The molecular formula is C14H19BrN2O3S. The fourth-order valence-corrected chi connectivity index (χ4v) is 3.77. The maximum atomic E-state index is 12.1. The van der Waals surface area contributed by atoms with Crippen LogP contribution >= 0.6 is 15.9 Å². The first kappa shape index (κ1) is 16.5. The van der Waals surface area contributed by atoms with Crippen LogP contribution in [0.4, 0.5) is 0 Å². The summed E-state index contributed by atoms with van der Waals surface area (Å²) >= 11 is 3.27. The van der Waals surface area contributed by atoms with Crippen molar-refractivity contribution in [1.29, 1.82) is 0 Å². The lowest BCUT2D eigenvalue weighted by atomic mass is 9.83. The first-order valence-electron chi connectivity index (χ1n) is 6.90. The van der Waals surface area contributed by atoms with Crippen LogP contribution in [0.25, 0.3) is 0 Å². The Morgan fingerprint density at radius 1 is 1.43 bits per heavy atom. The van der Waals surface area contributed by atoms with Crippen molar-refractivity contribution in [2.24, 2.45) is 11.1 Å². The predicted molar refractivity (Wildman–Crippen MR) is 84.5 cm³/mol. The number of rotatable bonds is 5. The van der Waals surface area contributed by atoms with E-state index in [2.05, 4.69) is 21.2 Å². The van der Waals surface area contributed by atoms with E-state index in [1.165, 1.54) is 25.3 Å². The number of hydrogen-bond donors (Lipinski definition) is 2. The topological polar surface area (TPSA) is 89.3 Å². The van der Waals surface area contributed by atoms with Gasteiger partial charge >= 0.3 is 0 Å². The van der Waals surface area contributed by atoms with Crippen LogP contribution in [-0.2, 0) is 10.0 Å². The molecule has 1 aliphatic carbocycles. The van der Waals surface area contributed by atoms with Crippen LogP contribution in [-0.4, -0.2) is 20.9 Å². The third-order valence-electron chi connectivity index (χ3n) is 3.93. The molecule has 1 aromatic rings. The molecule has 1 aromatic carbocycles. The van der Waals surface area contributed by atoms with Crippen molar-refractivity contribution < 1.29 is 13.2 Å². The second-order valence-corrected chi connectivity index (χ2v) is 7.85. The monoisotopic (exact) mass is 374 g/mol. The van der Waals surface area contributed by atoms with Gasteiger partial charge in [-0.15, -0.1) is 0 Å². The van der Waals surface area contributed by atoms with Crippen molar-refractivity contribution in [2.75, 3.05) is 6.54 Å². The minimum absolute atomic E-state index is 0.0268. The zero-order valence-electron chi connectivity index (χ0n) is 11.9. The Kier molecular flexibility index (Phi) is 5.06. The minimum atomic E-state index is -3.85. The lowest BCUT2D eigenvalue weighted by molar-refractivity contribution is 0.0948. The SMILES string of the molecule is Cc1c(Br)cc(C(=O)NCCC2CCC2)cc1S(N)(=O)=O. The molecule has 0 aliphatic heterocycles. The molecule has 0 spiro atoms. The molecule has 0 radical (unpaired) electrons. The Labute approximate surface area is 133 Å². The molecule has 116 valence electrons. The van der Waals surface area contributed by atoms with Crippen molar-refractivity contribution in [3.63, 3.8) is 0 Å². The molecule has 0 unspecified atom stereocenters. The summed E-state index contributed by atoms with van der Waals surface area (Å²) < 4.78 is 23.7. The standard InChI is InChI=1S/C14H19BrN2O3S/c1-9-12(15)7-11(8-13(9)21(16,19)20)14(18)17-6-5-10-3-2-4-10/h7-8,10H,2-6H2,1H3,(H,17,18)(H2,16,19,20). The molecule has 0 atom stereocenters. The molecule has 0 heterocycles. The minimum Gasteiger partial charge on any atom is -0.352 e. The highest BCUT2D eigenvalue weighted by atomic mass is 79.9. The summed E-state index contributed by atoms with van der Waals surface area (Å²) in [6.45, 7) is 2.25. The van der Waals surface area contributed by atoms with Gasteiger partial charge in [-0.25, -0.2) is 13.6 Å². The second-order valence-electron chi connectivity index (χ2n) is 5.47. The fraction of sp³-hybridized carbons (Fsp3) is 0.500. The molecule has 0 bridgehead atoms. The first-order chi connectivity index (χ1) is 9.79. The van der Waals surface area contributed by atoms with Gasteiger partial charge in [0.1, 0.15) is 0 Å². The Morgan fingerprint density at radius 3 is 2.62 bits per heavy atom. The number of nitrogens with two attached hydrogens (primary N) is 1. The maximum absolute atomic E-state index is 12.1. The summed E-state index contributed by atoms with van der Waals surface area (Å²) in [5.41, 5.74) is 0.800. The van der Waals surface area contributed by atoms with Crippen molar-refractivity contribution in [2.45, 2.75) is 37.5 Å². The van der Waals surface area contributed by atoms with Gasteiger partial charge in [-0.3, -0.25) is 4.79 Å². The summed E-state index contributed by atoms with van der Waals surface area (Å²) in [5.74, 6) is 0.440. The number of hydrogen-bond acceptors (Lipinski definition) is 3. The molecular weight excluding hydrogens is 356 g/mol. The lowest BCUT2D eigenvalue weighted by Crippen LogP contribution is -2.28. The molecule has 0 saturated heterocycles. The highest BCUT2D eigenvalue weighted by Gasteiger charge is 2.19. The third kappa shape index (κ3) is 4.05. The van der Waals surface area contributed by atoms with Crippen LogP contribution in [0.3, 0.4) is 0 Å². The Balaban J connectivity index is 2.11. The van der Waals surface area contributed by atoms with Crippen molar-refractivity contribution in [3.8, 4) is 0 Å². The number of benzene rings is 1. The van der Waals surface area contributed by atoms with E-state index in [-0.39, 0.29) is 10.8 Å². The van der Waals surface area contributed by atoms with E-state index in [4.69, 9.17) is 5.14 Å². The molecule has 2 rings (SSSR count). The van der Waals surface area contributed by atoms with Gasteiger partial charge in [-0.2, -0.15) is 0 Å². The van der Waals surface area contributed by atoms with Gasteiger partial charge in [0, 0.05) is 16.6 Å². The molecule has 0 aromatic heterocycles. The fourth-order valence-electron chi connectivity index (χ4n) is 2.35. The van der Waals surface area contributed by atoms with Gasteiger partial charge in [0.2, 0.25) is 10.0 Å². The Hall–Kier alpha value is -0.920. The number of sulfonamides is 1. The number of amides is 1. The van der Waals surface area contributed by atoms with Gasteiger partial charge in [0.05, 0.1) is 4.90 Å². The van der Waals surface area contributed by atoms with Crippen LogP contribution in [0.5, 0.6) is 0 Å². The number of carbonyl (C=O) groups excluding carboxylic acids is 1. The average Bonchev–Trinajstić information content (AvgIpc) is 2.33. The van der Waals surface area contributed by atoms with Crippen LogP contribution in [0, 0.1) is 12.8 Å². The van der Waals surface area contributed by atoms with E-state index in [1.54, 1.807) is 13.0 Å². The predicted octanol–water partition coefficient (Wildman–Crippen LogP) is 2.32. The van der Waals surface area contributed by atoms with Gasteiger partial charge < -0.3 is 5.32 Å². The van der Waals surface area contributed by atoms with E-state index in [9.17, 15) is 13.2 Å². The van der Waals surface area contributed by atoms with Gasteiger partial charge in [0.15, 0.2) is 0 Å². The van der Waals surface area contributed by atoms with Crippen LogP contribution in [0.1, 0.15) is 41.6 Å². The van der Waals surface area contributed by atoms with E-state index in [1.807, 2.05) is 0 Å². The van der Waals surface area contributed by atoms with E-state index in [0.29, 0.717) is 22.1 Å². The summed E-state index contributed by atoms with van der Waals surface area (Å²) in [7, 11) is -3.85. The number of primary sulfonamides is 1. The summed E-state index contributed by atoms with van der Waals surface area (Å²) in [6.07, 6.45) is 4.73. The molecule has 3 N–H and O–H groups in total. The molecule has 21 heavy (non-hydrogen) atoms. The second kappa shape index (κ2) is 6.46. The van der Waals surface area contributed by atoms with Crippen LogP contribution in [0.15, 0.2) is 21.5 Å². The summed E-state index contributed by atoms with van der Waals surface area (Å²) in [6, 6.07) is 2.94. The zero-order chi connectivity index (χ0) is 15.6. The molecule has 5 nitrogen and oxygen atoms in total. The van der Waals surface area contributed by atoms with Crippen molar-refractivity contribution in [1.82, 2.24) is 5.32 Å². The Morgan fingerprint density at radius 2 is 2.10 bits per heavy atom. The smallest absolute Gasteiger partial charge is 0.251 e. The maximum Gasteiger partial charge on any atom is 0.251 e. The van der Waals surface area contributed by atoms with E-state index < -0.39 is 10.0 Å².